The molecule has 10 heteroatoms. The lowest BCUT2D eigenvalue weighted by Gasteiger charge is -2.26. The molecule has 0 aromatic heterocycles. The molecule has 1 fully saturated rings. The van der Waals surface area contributed by atoms with Gasteiger partial charge < -0.3 is 10.1 Å². The second-order valence-corrected chi connectivity index (χ2v) is 10.1. The van der Waals surface area contributed by atoms with E-state index in [1.165, 1.54) is 42.4 Å². The van der Waals surface area contributed by atoms with Crippen LogP contribution in [0.3, 0.4) is 0 Å². The Bertz CT molecular complexity index is 1180. The zero-order valence-corrected chi connectivity index (χ0v) is 19.9. The Morgan fingerprint density at radius 3 is 2.39 bits per heavy atom. The molecule has 0 saturated carbocycles. The highest BCUT2D eigenvalue weighted by molar-refractivity contribution is 7.89. The maximum absolute atomic E-state index is 13.0. The van der Waals surface area contributed by atoms with E-state index in [0.717, 1.165) is 19.3 Å². The maximum Gasteiger partial charge on any atom is 0.338 e. The van der Waals surface area contributed by atoms with Crippen LogP contribution in [0.5, 0.6) is 0 Å². The lowest BCUT2D eigenvalue weighted by atomic mass is 10.1. The number of hydrogen-bond donors (Lipinski definition) is 1. The predicted octanol–water partition coefficient (Wildman–Crippen LogP) is 3.90. The number of hydrogen-bond acceptors (Lipinski definition) is 6. The molecule has 2 aromatic rings. The number of halogens is 1. The largest absolute Gasteiger partial charge is 0.449 e. The molecular formula is C23H25ClN2O6S. The number of sulfonamides is 1. The molecule has 0 unspecified atom stereocenters. The number of ketones is 1. The van der Waals surface area contributed by atoms with E-state index < -0.39 is 28.0 Å². The van der Waals surface area contributed by atoms with Gasteiger partial charge in [0.1, 0.15) is 4.90 Å². The van der Waals surface area contributed by atoms with Crippen molar-refractivity contribution in [1.82, 2.24) is 4.31 Å². The molecule has 33 heavy (non-hydrogen) atoms. The van der Waals surface area contributed by atoms with Crippen LogP contribution in [0.15, 0.2) is 47.4 Å². The second kappa shape index (κ2) is 10.5. The highest BCUT2D eigenvalue weighted by atomic mass is 35.5. The summed E-state index contributed by atoms with van der Waals surface area (Å²) in [7, 11) is -3.86. The zero-order chi connectivity index (χ0) is 24.2. The minimum atomic E-state index is -3.86. The van der Waals surface area contributed by atoms with Crippen molar-refractivity contribution in [3.05, 3.63) is 58.6 Å². The maximum atomic E-state index is 13.0. The standard InChI is InChI=1S/C23H25ClN2O6S/c1-15(27)17-7-6-8-19(13-17)25-22(28)16(2)32-23(29)18-9-10-20(24)21(14-18)33(30,31)26-11-4-3-5-12-26/h6-10,13-14,16H,3-5,11-12H2,1-2H3,(H,25,28)/t16-/m1/s1. The summed E-state index contributed by atoms with van der Waals surface area (Å²) in [5.74, 6) is -1.61. The summed E-state index contributed by atoms with van der Waals surface area (Å²) in [6.07, 6.45) is 1.32. The highest BCUT2D eigenvalue weighted by Crippen LogP contribution is 2.28. The molecule has 1 N–H and O–H groups in total. The number of Topliss-reactive ketones (excluding diaryl/α,β-unsaturated/α-hetero) is 1. The molecule has 1 amide bonds. The van der Waals surface area contributed by atoms with E-state index in [4.69, 9.17) is 16.3 Å². The fraction of sp³-hybridized carbons (Fsp3) is 0.348. The zero-order valence-electron chi connectivity index (χ0n) is 18.3. The smallest absolute Gasteiger partial charge is 0.338 e. The summed E-state index contributed by atoms with van der Waals surface area (Å²) in [6, 6.07) is 10.2. The molecule has 0 spiro atoms. The van der Waals surface area contributed by atoms with Crippen molar-refractivity contribution in [2.24, 2.45) is 0 Å². The van der Waals surface area contributed by atoms with Crippen LogP contribution in [0.1, 0.15) is 53.8 Å². The number of benzene rings is 2. The molecule has 1 aliphatic rings. The van der Waals surface area contributed by atoms with Crippen LogP contribution in [-0.4, -0.2) is 49.6 Å². The van der Waals surface area contributed by atoms with Crippen molar-refractivity contribution in [2.75, 3.05) is 18.4 Å². The third kappa shape index (κ3) is 5.98. The summed E-state index contributed by atoms with van der Waals surface area (Å²) in [5.41, 5.74) is 0.784. The molecule has 8 nitrogen and oxygen atoms in total. The summed E-state index contributed by atoms with van der Waals surface area (Å²) in [4.78, 5) is 36.4. The molecule has 2 aromatic carbocycles. The molecule has 0 radical (unpaired) electrons. The van der Waals surface area contributed by atoms with Gasteiger partial charge >= 0.3 is 5.97 Å². The van der Waals surface area contributed by atoms with E-state index >= 15 is 0 Å². The SMILES string of the molecule is CC(=O)c1cccc(NC(=O)[C@@H](C)OC(=O)c2ccc(Cl)c(S(=O)(=O)N3CCCCC3)c2)c1. The molecular weight excluding hydrogens is 468 g/mol. The number of nitrogens with one attached hydrogen (secondary N) is 1. The van der Waals surface area contributed by atoms with Crippen molar-refractivity contribution in [3.8, 4) is 0 Å². The van der Waals surface area contributed by atoms with Gasteiger partial charge in [-0.25, -0.2) is 13.2 Å². The minimum Gasteiger partial charge on any atom is -0.449 e. The van der Waals surface area contributed by atoms with Crippen molar-refractivity contribution in [1.29, 1.82) is 0 Å². The number of ether oxygens (including phenoxy) is 1. The van der Waals surface area contributed by atoms with Crippen LogP contribution in [-0.2, 0) is 19.6 Å². The number of rotatable bonds is 7. The first-order chi connectivity index (χ1) is 15.6. The van der Waals surface area contributed by atoms with Gasteiger partial charge in [-0.15, -0.1) is 0 Å². The topological polar surface area (TPSA) is 110 Å². The second-order valence-electron chi connectivity index (χ2n) is 7.78. The predicted molar refractivity (Wildman–Crippen MR) is 124 cm³/mol. The number of carbonyl (C=O) groups excluding carboxylic acids is 3. The molecule has 1 saturated heterocycles. The minimum absolute atomic E-state index is 0.00766. The molecule has 1 heterocycles. The molecule has 1 aliphatic heterocycles. The molecule has 0 bridgehead atoms. The number of amides is 1. The fourth-order valence-electron chi connectivity index (χ4n) is 3.41. The molecule has 3 rings (SSSR count). The van der Waals surface area contributed by atoms with E-state index in [1.54, 1.807) is 18.2 Å². The first kappa shape index (κ1) is 24.9. The van der Waals surface area contributed by atoms with E-state index in [0.29, 0.717) is 24.3 Å². The Hall–Kier alpha value is -2.75. The average Bonchev–Trinajstić information content (AvgIpc) is 2.79. The third-order valence-corrected chi connectivity index (χ3v) is 7.67. The summed E-state index contributed by atoms with van der Waals surface area (Å²) >= 11 is 6.14. The summed E-state index contributed by atoms with van der Waals surface area (Å²) in [6.45, 7) is 3.60. The van der Waals surface area contributed by atoms with Gasteiger partial charge in [0, 0.05) is 24.3 Å². The van der Waals surface area contributed by atoms with Gasteiger partial charge in [0.25, 0.3) is 5.91 Å². The van der Waals surface area contributed by atoms with Gasteiger partial charge in [0.2, 0.25) is 10.0 Å². The van der Waals surface area contributed by atoms with Crippen LogP contribution < -0.4 is 5.32 Å². The number of esters is 1. The first-order valence-electron chi connectivity index (χ1n) is 10.5. The Balaban J connectivity index is 1.72. The first-order valence-corrected chi connectivity index (χ1v) is 12.3. The summed E-state index contributed by atoms with van der Waals surface area (Å²) in [5, 5.41) is 2.60. The monoisotopic (exact) mass is 492 g/mol. The van der Waals surface area contributed by atoms with Gasteiger partial charge in [-0.05, 0) is 57.0 Å². The van der Waals surface area contributed by atoms with E-state index in [2.05, 4.69) is 5.32 Å². The van der Waals surface area contributed by atoms with Crippen molar-refractivity contribution < 1.29 is 27.5 Å². The van der Waals surface area contributed by atoms with Crippen molar-refractivity contribution in [2.45, 2.75) is 44.1 Å². The lowest BCUT2D eigenvalue weighted by molar-refractivity contribution is -0.123. The number of piperidine rings is 1. The van der Waals surface area contributed by atoms with E-state index in [1.807, 2.05) is 0 Å². The van der Waals surface area contributed by atoms with Crippen LogP contribution in [0, 0.1) is 0 Å². The van der Waals surface area contributed by atoms with Gasteiger partial charge in [-0.3, -0.25) is 9.59 Å². The molecule has 0 aliphatic carbocycles. The Kier molecular flexibility index (Phi) is 7.88. The molecule has 176 valence electrons. The summed E-state index contributed by atoms with van der Waals surface area (Å²) < 4.78 is 32.6. The Labute approximate surface area is 197 Å². The van der Waals surface area contributed by atoms with Crippen LogP contribution in [0.25, 0.3) is 0 Å². The van der Waals surface area contributed by atoms with Gasteiger partial charge in [0.15, 0.2) is 11.9 Å². The van der Waals surface area contributed by atoms with Crippen LogP contribution >= 0.6 is 11.6 Å². The Morgan fingerprint density at radius 1 is 1.03 bits per heavy atom. The van der Waals surface area contributed by atoms with E-state index in [9.17, 15) is 22.8 Å². The van der Waals surface area contributed by atoms with E-state index in [-0.39, 0.29) is 21.3 Å². The van der Waals surface area contributed by atoms with Crippen molar-refractivity contribution >= 4 is 45.0 Å². The number of nitrogens with zero attached hydrogens (tertiary/aromatic N) is 1. The quantitative estimate of drug-likeness (QED) is 0.463. The third-order valence-electron chi connectivity index (χ3n) is 5.29. The van der Waals surface area contributed by atoms with Crippen LogP contribution in [0.2, 0.25) is 5.02 Å². The lowest BCUT2D eigenvalue weighted by Crippen LogP contribution is -2.36. The average molecular weight is 493 g/mol. The normalized spacial score (nSPS) is 15.5. The Morgan fingerprint density at radius 2 is 1.73 bits per heavy atom. The number of carbonyl (C=O) groups is 3. The van der Waals surface area contributed by atoms with Gasteiger partial charge in [-0.1, -0.05) is 30.2 Å². The van der Waals surface area contributed by atoms with Crippen molar-refractivity contribution in [3.63, 3.8) is 0 Å². The fourth-order valence-corrected chi connectivity index (χ4v) is 5.43. The molecule has 1 atom stereocenters. The van der Waals surface area contributed by atoms with Gasteiger partial charge in [0.05, 0.1) is 10.6 Å². The van der Waals surface area contributed by atoms with Gasteiger partial charge in [-0.2, -0.15) is 4.31 Å². The van der Waals surface area contributed by atoms with Crippen LogP contribution in [0.4, 0.5) is 5.69 Å². The highest BCUT2D eigenvalue weighted by Gasteiger charge is 2.29. The number of anilines is 1.